The van der Waals surface area contributed by atoms with Gasteiger partial charge in [-0.2, -0.15) is 0 Å². The Morgan fingerprint density at radius 3 is 2.79 bits per heavy atom. The Morgan fingerprint density at radius 2 is 2.10 bits per heavy atom. The molecule has 1 aliphatic heterocycles. The second kappa shape index (κ2) is 7.76. The molecule has 2 N–H and O–H groups in total. The van der Waals surface area contributed by atoms with E-state index in [2.05, 4.69) is 38.0 Å². The highest BCUT2D eigenvalue weighted by atomic mass is 32.2. The van der Waals surface area contributed by atoms with Crippen molar-refractivity contribution in [2.24, 2.45) is 11.3 Å². The number of hydrogen-bond donors (Lipinski definition) is 2. The van der Waals surface area contributed by atoms with Crippen LogP contribution in [0.25, 0.3) is 0 Å². The summed E-state index contributed by atoms with van der Waals surface area (Å²) in [6.45, 7) is 8.61. The number of allylic oxidation sites excluding steroid dienone is 2. The van der Waals surface area contributed by atoms with Gasteiger partial charge >= 0.3 is 0 Å². The van der Waals surface area contributed by atoms with Crippen LogP contribution in [0, 0.1) is 11.3 Å². The normalized spacial score (nSPS) is 20.4. The molecule has 0 bridgehead atoms. The van der Waals surface area contributed by atoms with Gasteiger partial charge in [0, 0.05) is 28.3 Å². The number of ketones is 1. The molecule has 0 saturated carbocycles. The average molecular weight is 430 g/mol. The third kappa shape index (κ3) is 4.08. The molecule has 0 unspecified atom stereocenters. The molecule has 2 aromatic rings. The molecule has 0 fully saturated rings. The molecular weight excluding hydrogens is 402 g/mol. The summed E-state index contributed by atoms with van der Waals surface area (Å²) >= 11 is 3.16. The maximum atomic E-state index is 13.1. The lowest BCUT2D eigenvalue weighted by Crippen LogP contribution is -2.36. The minimum Gasteiger partial charge on any atom is -0.343 e. The number of rotatable bonds is 5. The quantitative estimate of drug-likeness (QED) is 0.507. The van der Waals surface area contributed by atoms with E-state index in [4.69, 9.17) is 4.98 Å². The van der Waals surface area contributed by atoms with Crippen LogP contribution in [-0.4, -0.2) is 21.5 Å². The molecule has 4 rings (SSSR count). The third-order valence-electron chi connectivity index (χ3n) is 5.46. The fourth-order valence-corrected chi connectivity index (χ4v) is 6.04. The van der Waals surface area contributed by atoms with E-state index in [9.17, 15) is 9.59 Å². The lowest BCUT2D eigenvalue weighted by Gasteiger charge is -2.38. The molecular formula is C22H27N3O2S2. The van der Waals surface area contributed by atoms with Crippen LogP contribution in [0.5, 0.6) is 0 Å². The smallest absolute Gasteiger partial charge is 0.257 e. The van der Waals surface area contributed by atoms with Crippen molar-refractivity contribution in [3.63, 3.8) is 0 Å². The molecule has 0 saturated heterocycles. The van der Waals surface area contributed by atoms with Gasteiger partial charge in [0.15, 0.2) is 10.9 Å². The first-order valence-corrected chi connectivity index (χ1v) is 12.0. The number of hydrogen-bond acceptors (Lipinski definition) is 6. The zero-order valence-electron chi connectivity index (χ0n) is 17.3. The van der Waals surface area contributed by atoms with Crippen molar-refractivity contribution in [1.29, 1.82) is 0 Å². The summed E-state index contributed by atoms with van der Waals surface area (Å²) in [6, 6.07) is 3.98. The first kappa shape index (κ1) is 20.4. The van der Waals surface area contributed by atoms with Crippen molar-refractivity contribution in [3.8, 4) is 0 Å². The second-order valence-electron chi connectivity index (χ2n) is 9.07. The van der Waals surface area contributed by atoms with Gasteiger partial charge in [0.25, 0.3) is 5.56 Å². The van der Waals surface area contributed by atoms with Gasteiger partial charge in [-0.1, -0.05) is 45.5 Å². The van der Waals surface area contributed by atoms with Crippen LogP contribution in [0.3, 0.4) is 0 Å². The van der Waals surface area contributed by atoms with E-state index in [1.807, 2.05) is 17.5 Å². The summed E-state index contributed by atoms with van der Waals surface area (Å²) in [5.74, 6) is 1.91. The molecule has 1 aliphatic carbocycles. The standard InChI is InChI=1S/C22H27N3O2S2/c1-12(2)7-9-29-21-24-19-18(20(27)25-21)17(15-6-5-8-28-15)16-13(23-19)10-22(3,4)11-14(16)26/h5-6,8,12,17H,7,9-11H2,1-4H3,(H2,23,24,25,27)/t17-/m1/s1. The van der Waals surface area contributed by atoms with E-state index >= 15 is 0 Å². The van der Waals surface area contributed by atoms with Crippen LogP contribution in [-0.2, 0) is 4.79 Å². The van der Waals surface area contributed by atoms with Crippen LogP contribution in [0.15, 0.2) is 38.7 Å². The number of aromatic nitrogens is 2. The van der Waals surface area contributed by atoms with Crippen molar-refractivity contribution < 1.29 is 4.79 Å². The molecule has 0 spiro atoms. The summed E-state index contributed by atoms with van der Waals surface area (Å²) in [5, 5.41) is 6.00. The van der Waals surface area contributed by atoms with Crippen LogP contribution in [0.2, 0.25) is 0 Å². The lowest BCUT2D eigenvalue weighted by atomic mass is 9.70. The van der Waals surface area contributed by atoms with E-state index in [1.54, 1.807) is 23.1 Å². The minimum absolute atomic E-state index is 0.101. The third-order valence-corrected chi connectivity index (χ3v) is 7.31. The average Bonchev–Trinajstić information content (AvgIpc) is 3.12. The van der Waals surface area contributed by atoms with Gasteiger partial charge in [-0.3, -0.25) is 9.59 Å². The molecule has 0 aromatic carbocycles. The second-order valence-corrected chi connectivity index (χ2v) is 11.1. The predicted octanol–water partition coefficient (Wildman–Crippen LogP) is 5.17. The Labute approximate surface area is 179 Å². The number of fused-ring (bicyclic) bond motifs is 1. The topological polar surface area (TPSA) is 74.8 Å². The van der Waals surface area contributed by atoms with Crippen molar-refractivity contribution in [3.05, 3.63) is 49.6 Å². The van der Waals surface area contributed by atoms with Crippen LogP contribution >= 0.6 is 23.1 Å². The van der Waals surface area contributed by atoms with Gasteiger partial charge < -0.3 is 10.3 Å². The summed E-state index contributed by atoms with van der Waals surface area (Å²) in [7, 11) is 0. The van der Waals surface area contributed by atoms with Gasteiger partial charge in [0.2, 0.25) is 0 Å². The number of H-pyrrole nitrogens is 1. The Balaban J connectivity index is 1.79. The maximum absolute atomic E-state index is 13.1. The number of anilines is 1. The van der Waals surface area contributed by atoms with Gasteiger partial charge in [0.1, 0.15) is 5.82 Å². The van der Waals surface area contributed by atoms with Crippen molar-refractivity contribution in [1.82, 2.24) is 9.97 Å². The van der Waals surface area contributed by atoms with E-state index in [0.717, 1.165) is 34.7 Å². The predicted molar refractivity (Wildman–Crippen MR) is 120 cm³/mol. The highest BCUT2D eigenvalue weighted by Gasteiger charge is 2.42. The van der Waals surface area contributed by atoms with Gasteiger partial charge in [-0.15, -0.1) is 11.3 Å². The molecule has 29 heavy (non-hydrogen) atoms. The van der Waals surface area contributed by atoms with Gasteiger partial charge in [-0.25, -0.2) is 4.98 Å². The molecule has 5 nitrogen and oxygen atoms in total. The van der Waals surface area contributed by atoms with Gasteiger partial charge in [0.05, 0.1) is 11.5 Å². The SMILES string of the molecule is CC(C)CCSc1nc2c(c(=O)[nH]1)[C@H](c1cccs1)C1=C(CC(C)(C)CC1=O)N2. The maximum Gasteiger partial charge on any atom is 0.257 e. The molecule has 1 atom stereocenters. The minimum atomic E-state index is -0.337. The molecule has 2 aliphatic rings. The van der Waals surface area contributed by atoms with Crippen molar-refractivity contribution >= 4 is 34.7 Å². The number of nitrogens with one attached hydrogen (secondary N) is 2. The Bertz CT molecular complexity index is 1020. The Morgan fingerprint density at radius 1 is 1.31 bits per heavy atom. The molecule has 7 heteroatoms. The number of carbonyl (C=O) groups is 1. The van der Waals surface area contributed by atoms with E-state index < -0.39 is 0 Å². The van der Waals surface area contributed by atoms with Crippen molar-refractivity contribution in [2.45, 2.75) is 58.0 Å². The number of carbonyl (C=O) groups excluding carboxylic acids is 1. The Hall–Kier alpha value is -1.86. The molecule has 154 valence electrons. The summed E-state index contributed by atoms with van der Waals surface area (Å²) in [5.41, 5.74) is 1.97. The Kier molecular flexibility index (Phi) is 5.46. The molecule has 2 aromatic heterocycles. The van der Waals surface area contributed by atoms with E-state index in [1.165, 1.54) is 0 Å². The summed E-state index contributed by atoms with van der Waals surface area (Å²) in [6.07, 6.45) is 2.34. The van der Waals surface area contributed by atoms with Gasteiger partial charge in [-0.05, 0) is 35.6 Å². The van der Waals surface area contributed by atoms with E-state index in [0.29, 0.717) is 28.9 Å². The van der Waals surface area contributed by atoms with Crippen molar-refractivity contribution in [2.75, 3.05) is 11.1 Å². The number of thioether (sulfide) groups is 1. The highest BCUT2D eigenvalue weighted by molar-refractivity contribution is 7.99. The summed E-state index contributed by atoms with van der Waals surface area (Å²) in [4.78, 5) is 35.0. The largest absolute Gasteiger partial charge is 0.343 e. The molecule has 0 amide bonds. The number of aromatic amines is 1. The van der Waals surface area contributed by atoms with Crippen LogP contribution < -0.4 is 10.9 Å². The fraction of sp³-hybridized carbons (Fsp3) is 0.500. The fourth-order valence-electron chi connectivity index (χ4n) is 4.09. The first-order chi connectivity index (χ1) is 13.7. The van der Waals surface area contributed by atoms with E-state index in [-0.39, 0.29) is 22.7 Å². The molecule has 0 radical (unpaired) electrons. The number of nitrogens with zero attached hydrogens (tertiary/aromatic N) is 1. The summed E-state index contributed by atoms with van der Waals surface area (Å²) < 4.78 is 0. The number of thiophene rings is 1. The lowest BCUT2D eigenvalue weighted by molar-refractivity contribution is -0.118. The molecule has 3 heterocycles. The first-order valence-electron chi connectivity index (χ1n) is 10.1. The monoisotopic (exact) mass is 429 g/mol. The zero-order chi connectivity index (χ0) is 20.8. The highest BCUT2D eigenvalue weighted by Crippen LogP contribution is 2.48. The van der Waals surface area contributed by atoms with Crippen LogP contribution in [0.4, 0.5) is 5.82 Å². The zero-order valence-corrected chi connectivity index (χ0v) is 18.9. The number of Topliss-reactive ketones (excluding diaryl/α,β-unsaturated/α-hetero) is 1. The van der Waals surface area contributed by atoms with Crippen LogP contribution in [0.1, 0.15) is 63.3 Å².